The van der Waals surface area contributed by atoms with Crippen molar-refractivity contribution in [3.8, 4) is 0 Å². The fourth-order valence-electron chi connectivity index (χ4n) is 7.40. The van der Waals surface area contributed by atoms with Crippen molar-refractivity contribution in [2.45, 2.75) is 245 Å². The van der Waals surface area contributed by atoms with Gasteiger partial charge in [0.25, 0.3) is 0 Å². The van der Waals surface area contributed by atoms with E-state index in [2.05, 4.69) is 142 Å². The molecule has 0 aliphatic heterocycles. The summed E-state index contributed by atoms with van der Waals surface area (Å²) < 4.78 is 16.8. The summed E-state index contributed by atoms with van der Waals surface area (Å²) in [5.41, 5.74) is 0. The number of carbonyl (C=O) groups is 3. The number of hydrogen-bond acceptors (Lipinski definition) is 6. The third-order valence-corrected chi connectivity index (χ3v) is 11.6. The molecule has 0 rings (SSSR count). The lowest BCUT2D eigenvalue weighted by Gasteiger charge is -2.18. The van der Waals surface area contributed by atoms with Gasteiger partial charge in [-0.2, -0.15) is 0 Å². The van der Waals surface area contributed by atoms with Gasteiger partial charge in [0.05, 0.1) is 0 Å². The Morgan fingerprint density at radius 3 is 0.913 bits per heavy atom. The van der Waals surface area contributed by atoms with Crippen LogP contribution in [-0.4, -0.2) is 37.2 Å². The van der Waals surface area contributed by atoms with E-state index in [1.807, 2.05) is 0 Å². The van der Waals surface area contributed by atoms with Crippen molar-refractivity contribution in [3.63, 3.8) is 0 Å². The maximum Gasteiger partial charge on any atom is 0.306 e. The molecule has 0 aromatic rings. The van der Waals surface area contributed by atoms with Crippen LogP contribution in [0, 0.1) is 0 Å². The molecule has 69 heavy (non-hydrogen) atoms. The number of rotatable bonds is 49. The minimum absolute atomic E-state index is 0.104. The molecule has 0 saturated heterocycles. The maximum atomic E-state index is 12.9. The number of esters is 3. The van der Waals surface area contributed by atoms with Crippen LogP contribution in [0.25, 0.3) is 0 Å². The van der Waals surface area contributed by atoms with E-state index in [9.17, 15) is 14.4 Å². The number of allylic oxidation sites excluding steroid dienone is 20. The van der Waals surface area contributed by atoms with Crippen LogP contribution in [0.4, 0.5) is 0 Å². The largest absolute Gasteiger partial charge is 0.462 e. The molecule has 0 N–H and O–H groups in total. The van der Waals surface area contributed by atoms with Crippen LogP contribution >= 0.6 is 0 Å². The highest BCUT2D eigenvalue weighted by Crippen LogP contribution is 2.14. The zero-order valence-electron chi connectivity index (χ0n) is 44.5. The average molecular weight is 956 g/mol. The third-order valence-electron chi connectivity index (χ3n) is 11.6. The van der Waals surface area contributed by atoms with E-state index in [0.717, 1.165) is 122 Å². The van der Waals surface area contributed by atoms with E-state index < -0.39 is 6.10 Å². The van der Waals surface area contributed by atoms with E-state index >= 15 is 0 Å². The molecule has 6 heteroatoms. The quantitative estimate of drug-likeness (QED) is 0.0262. The monoisotopic (exact) mass is 955 g/mol. The third kappa shape index (κ3) is 54.6. The zero-order chi connectivity index (χ0) is 50.0. The van der Waals surface area contributed by atoms with E-state index in [0.29, 0.717) is 19.3 Å². The predicted octanol–water partition coefficient (Wildman–Crippen LogP) is 18.9. The summed E-state index contributed by atoms with van der Waals surface area (Å²) in [6, 6.07) is 0. The smallest absolute Gasteiger partial charge is 0.306 e. The van der Waals surface area contributed by atoms with E-state index in [1.54, 1.807) is 0 Å². The molecule has 0 bridgehead atoms. The molecule has 390 valence electrons. The summed E-state index contributed by atoms with van der Waals surface area (Å²) in [7, 11) is 0. The Morgan fingerprint density at radius 1 is 0.304 bits per heavy atom. The van der Waals surface area contributed by atoms with Gasteiger partial charge in [0.1, 0.15) is 13.2 Å². The minimum Gasteiger partial charge on any atom is -0.462 e. The first kappa shape index (κ1) is 64.8. The summed E-state index contributed by atoms with van der Waals surface area (Å²) in [6.45, 7) is 6.40. The van der Waals surface area contributed by atoms with Gasteiger partial charge in [-0.05, 0) is 89.9 Å². The summed E-state index contributed by atoms with van der Waals surface area (Å²) >= 11 is 0. The molecule has 6 nitrogen and oxygen atoms in total. The molecule has 0 aromatic heterocycles. The first-order valence-electron chi connectivity index (χ1n) is 28.2. The number of ether oxygens (including phenoxy) is 3. The second kappa shape index (κ2) is 56.4. The Morgan fingerprint density at radius 2 is 0.565 bits per heavy atom. The van der Waals surface area contributed by atoms with Gasteiger partial charge in [0.15, 0.2) is 6.10 Å². The number of carbonyl (C=O) groups excluding carboxylic acids is 3. The zero-order valence-corrected chi connectivity index (χ0v) is 44.5. The topological polar surface area (TPSA) is 78.9 Å². The molecule has 0 amide bonds. The van der Waals surface area contributed by atoms with Crippen LogP contribution < -0.4 is 0 Å². The van der Waals surface area contributed by atoms with Gasteiger partial charge in [-0.1, -0.05) is 251 Å². The van der Waals surface area contributed by atoms with Crippen LogP contribution in [0.2, 0.25) is 0 Å². The van der Waals surface area contributed by atoms with Crippen molar-refractivity contribution >= 4 is 17.9 Å². The molecule has 0 spiro atoms. The minimum atomic E-state index is -0.808. The van der Waals surface area contributed by atoms with E-state index in [4.69, 9.17) is 14.2 Å². The van der Waals surface area contributed by atoms with Crippen molar-refractivity contribution < 1.29 is 28.6 Å². The first-order valence-corrected chi connectivity index (χ1v) is 28.2. The fourth-order valence-corrected chi connectivity index (χ4v) is 7.40. The molecule has 0 saturated carbocycles. The SMILES string of the molecule is CC\C=C/C=C\C=C/CCCCCCCCCC(=O)OCC(COC(=O)CCCCCCC\C=C/C=C\C=C/C=C\CCCCC)OC(=O)CCCCCCC\C=C/C=C\C=C/CCCCCCC. The van der Waals surface area contributed by atoms with Crippen molar-refractivity contribution in [2.75, 3.05) is 13.2 Å². The second-order valence-electron chi connectivity index (χ2n) is 18.3. The van der Waals surface area contributed by atoms with Crippen LogP contribution in [0.5, 0.6) is 0 Å². The van der Waals surface area contributed by atoms with Gasteiger partial charge in [-0.25, -0.2) is 0 Å². The molecule has 0 aromatic carbocycles. The van der Waals surface area contributed by atoms with Crippen molar-refractivity contribution in [1.82, 2.24) is 0 Å². The molecular formula is C63H102O6. The standard InChI is InChI=1S/C63H102O6/c1-4-7-10-13-16-19-22-25-28-30-32-35-38-41-44-47-50-53-56-62(65)68-59-60(58-67-61(64)55-52-49-46-43-40-37-34-27-24-21-18-15-12-9-6-3)69-63(66)57-54-51-48-45-42-39-36-33-31-29-26-23-20-17-14-11-8-5-2/h9,12,15-16,18-19,21-26,28-33,35-36,60H,4-8,10-11,13-14,17,20,27,34,37-59H2,1-3H3/b12-9-,18-15-,19-16-,24-21-,25-22-,26-23-,30-28-,31-29-,35-32-,36-33-. The molecule has 1 atom stereocenters. The molecular weight excluding hydrogens is 853 g/mol. The van der Waals surface area contributed by atoms with Crippen LogP contribution in [0.1, 0.15) is 239 Å². The van der Waals surface area contributed by atoms with Gasteiger partial charge >= 0.3 is 17.9 Å². The lowest BCUT2D eigenvalue weighted by molar-refractivity contribution is -0.167. The lowest BCUT2D eigenvalue weighted by atomic mass is 10.1. The van der Waals surface area contributed by atoms with Gasteiger partial charge in [0, 0.05) is 19.3 Å². The van der Waals surface area contributed by atoms with Gasteiger partial charge in [-0.3, -0.25) is 14.4 Å². The molecule has 0 heterocycles. The van der Waals surface area contributed by atoms with E-state index in [-0.39, 0.29) is 31.1 Å². The number of hydrogen-bond donors (Lipinski definition) is 0. The molecule has 0 aliphatic carbocycles. The summed E-state index contributed by atoms with van der Waals surface area (Å²) in [4.78, 5) is 38.1. The molecule has 0 radical (unpaired) electrons. The van der Waals surface area contributed by atoms with Gasteiger partial charge < -0.3 is 14.2 Å². The molecule has 0 fully saturated rings. The van der Waals surface area contributed by atoms with E-state index in [1.165, 1.54) is 77.0 Å². The highest BCUT2D eigenvalue weighted by molar-refractivity contribution is 5.71. The highest BCUT2D eigenvalue weighted by atomic mass is 16.6. The predicted molar refractivity (Wildman–Crippen MR) is 297 cm³/mol. The summed E-state index contributed by atoms with van der Waals surface area (Å²) in [5.74, 6) is -0.961. The van der Waals surface area contributed by atoms with Crippen LogP contribution in [-0.2, 0) is 28.6 Å². The Balaban J connectivity index is 4.52. The fraction of sp³-hybridized carbons (Fsp3) is 0.635. The Kier molecular flexibility index (Phi) is 53.0. The lowest BCUT2D eigenvalue weighted by Crippen LogP contribution is -2.30. The summed E-state index contributed by atoms with van der Waals surface area (Å²) in [6.07, 6.45) is 77.4. The first-order chi connectivity index (χ1) is 34.0. The average Bonchev–Trinajstić information content (AvgIpc) is 3.35. The van der Waals surface area contributed by atoms with Crippen molar-refractivity contribution in [3.05, 3.63) is 122 Å². The Hall–Kier alpha value is -4.19. The second-order valence-corrected chi connectivity index (χ2v) is 18.3. The Labute approximate surface area is 424 Å². The van der Waals surface area contributed by atoms with Gasteiger partial charge in [-0.15, -0.1) is 0 Å². The van der Waals surface area contributed by atoms with Crippen LogP contribution in [0.15, 0.2) is 122 Å². The molecule has 1 unspecified atom stereocenters. The van der Waals surface area contributed by atoms with Crippen LogP contribution in [0.3, 0.4) is 0 Å². The normalized spacial score (nSPS) is 13.0. The summed E-state index contributed by atoms with van der Waals surface area (Å²) in [5, 5.41) is 0. The van der Waals surface area contributed by atoms with Crippen molar-refractivity contribution in [1.29, 1.82) is 0 Å². The van der Waals surface area contributed by atoms with Crippen molar-refractivity contribution in [2.24, 2.45) is 0 Å². The highest BCUT2D eigenvalue weighted by Gasteiger charge is 2.19. The Bertz CT molecular complexity index is 1470. The van der Waals surface area contributed by atoms with Gasteiger partial charge in [0.2, 0.25) is 0 Å². The number of unbranched alkanes of at least 4 members (excludes halogenated alkanes) is 25. The molecule has 0 aliphatic rings. The maximum absolute atomic E-state index is 12.9.